The van der Waals surface area contributed by atoms with Gasteiger partial charge in [0.2, 0.25) is 10.0 Å². The maximum absolute atomic E-state index is 11.9. The van der Waals surface area contributed by atoms with Gasteiger partial charge in [-0.25, -0.2) is 8.42 Å². The molecule has 0 aromatic heterocycles. The number of ether oxygens (including phenoxy) is 1. The van der Waals surface area contributed by atoms with Crippen LogP contribution in [0.25, 0.3) is 0 Å². The van der Waals surface area contributed by atoms with E-state index in [4.69, 9.17) is 16.3 Å². The third-order valence-corrected chi connectivity index (χ3v) is 4.57. The van der Waals surface area contributed by atoms with E-state index >= 15 is 0 Å². The zero-order chi connectivity index (χ0) is 12.6. The largest absolute Gasteiger partial charge is 0.367 e. The van der Waals surface area contributed by atoms with Crippen molar-refractivity contribution in [2.45, 2.75) is 38.9 Å². The Morgan fingerprint density at radius 1 is 1.19 bits per heavy atom. The molecule has 6 heteroatoms. The van der Waals surface area contributed by atoms with E-state index in [0.717, 1.165) is 0 Å². The predicted octanol–water partition coefficient (Wildman–Crippen LogP) is 1.44. The van der Waals surface area contributed by atoms with E-state index < -0.39 is 21.2 Å². The number of rotatable bonds is 3. The Balaban J connectivity index is 2.91. The molecule has 0 amide bonds. The van der Waals surface area contributed by atoms with Crippen molar-refractivity contribution < 1.29 is 13.2 Å². The first-order chi connectivity index (χ1) is 7.08. The van der Waals surface area contributed by atoms with Crippen LogP contribution < -0.4 is 0 Å². The van der Waals surface area contributed by atoms with Gasteiger partial charge in [0.1, 0.15) is 0 Å². The Bertz CT molecular complexity index is 335. The molecule has 1 fully saturated rings. The molecule has 16 heavy (non-hydrogen) atoms. The molecule has 1 rings (SSSR count). The first-order valence-corrected chi connectivity index (χ1v) is 7.46. The number of morpholine rings is 1. The van der Waals surface area contributed by atoms with Gasteiger partial charge in [-0.2, -0.15) is 4.31 Å². The molecule has 0 spiro atoms. The molecule has 0 unspecified atom stereocenters. The molecule has 96 valence electrons. The van der Waals surface area contributed by atoms with Gasteiger partial charge in [0, 0.05) is 19.0 Å². The van der Waals surface area contributed by atoms with E-state index in [2.05, 4.69) is 0 Å². The molecule has 0 aliphatic carbocycles. The van der Waals surface area contributed by atoms with Gasteiger partial charge >= 0.3 is 0 Å². The third-order valence-electron chi connectivity index (χ3n) is 2.40. The number of hydrogen-bond donors (Lipinski definition) is 0. The lowest BCUT2D eigenvalue weighted by atomic mass is 10.0. The second-order valence-corrected chi connectivity index (χ2v) is 7.86. The summed E-state index contributed by atoms with van der Waals surface area (Å²) in [6.45, 7) is 8.37. The second kappa shape index (κ2) is 4.44. The third kappa shape index (κ3) is 3.58. The smallest absolute Gasteiger partial charge is 0.215 e. The highest BCUT2D eigenvalue weighted by Gasteiger charge is 2.42. The molecule has 0 saturated carbocycles. The summed E-state index contributed by atoms with van der Waals surface area (Å²) in [6.07, 6.45) is 0. The zero-order valence-corrected chi connectivity index (χ0v) is 11.9. The molecule has 0 radical (unpaired) electrons. The average Bonchev–Trinajstić information content (AvgIpc) is 1.97. The Labute approximate surface area is 103 Å². The second-order valence-electron chi connectivity index (χ2n) is 5.39. The number of hydrogen-bond acceptors (Lipinski definition) is 3. The van der Waals surface area contributed by atoms with Crippen LogP contribution in [0, 0.1) is 0 Å². The lowest BCUT2D eigenvalue weighted by Gasteiger charge is -2.46. The van der Waals surface area contributed by atoms with Crippen LogP contribution in [-0.4, -0.2) is 48.6 Å². The fourth-order valence-electron chi connectivity index (χ4n) is 2.14. The summed E-state index contributed by atoms with van der Waals surface area (Å²) in [7, 11) is -3.25. The molecule has 0 aromatic rings. The Morgan fingerprint density at radius 3 is 2.00 bits per heavy atom. The van der Waals surface area contributed by atoms with Crippen LogP contribution in [0.1, 0.15) is 27.7 Å². The van der Waals surface area contributed by atoms with Crippen molar-refractivity contribution >= 4 is 21.6 Å². The molecule has 0 aromatic carbocycles. The van der Waals surface area contributed by atoms with E-state index in [9.17, 15) is 8.42 Å². The molecule has 1 aliphatic rings. The van der Waals surface area contributed by atoms with Gasteiger partial charge in [-0.15, -0.1) is 11.6 Å². The fourth-order valence-corrected chi connectivity index (χ4v) is 4.19. The van der Waals surface area contributed by atoms with Crippen LogP contribution in [0.3, 0.4) is 0 Å². The van der Waals surface area contributed by atoms with Gasteiger partial charge < -0.3 is 4.74 Å². The zero-order valence-electron chi connectivity index (χ0n) is 10.3. The van der Waals surface area contributed by atoms with Gasteiger partial charge in [0.15, 0.2) is 0 Å². The van der Waals surface area contributed by atoms with Crippen molar-refractivity contribution in [3.05, 3.63) is 0 Å². The minimum Gasteiger partial charge on any atom is -0.367 e. The van der Waals surface area contributed by atoms with Gasteiger partial charge in [-0.1, -0.05) is 0 Å². The maximum atomic E-state index is 11.9. The van der Waals surface area contributed by atoms with Gasteiger partial charge in [-0.05, 0) is 27.7 Å². The van der Waals surface area contributed by atoms with E-state index in [0.29, 0.717) is 13.1 Å². The van der Waals surface area contributed by atoms with E-state index in [1.165, 1.54) is 4.31 Å². The van der Waals surface area contributed by atoms with Crippen LogP contribution in [-0.2, 0) is 14.8 Å². The average molecular weight is 270 g/mol. The van der Waals surface area contributed by atoms with Crippen LogP contribution in [0.2, 0.25) is 0 Å². The summed E-state index contributed by atoms with van der Waals surface area (Å²) in [5.74, 6) is 0.112. The van der Waals surface area contributed by atoms with Crippen LogP contribution in [0.15, 0.2) is 0 Å². The van der Waals surface area contributed by atoms with E-state index in [1.54, 1.807) is 0 Å². The molecule has 0 bridgehead atoms. The summed E-state index contributed by atoms with van der Waals surface area (Å²) in [4.78, 5) is 0. The van der Waals surface area contributed by atoms with Gasteiger partial charge in [0.25, 0.3) is 0 Å². The van der Waals surface area contributed by atoms with Crippen molar-refractivity contribution in [2.24, 2.45) is 0 Å². The minimum atomic E-state index is -3.25. The fraction of sp³-hybridized carbons (Fsp3) is 1.00. The molecule has 1 aliphatic heterocycles. The molecule has 0 atom stereocenters. The van der Waals surface area contributed by atoms with E-state index in [1.807, 2.05) is 27.7 Å². The number of halogens is 1. The number of sulfonamides is 1. The highest BCUT2D eigenvalue weighted by Crippen LogP contribution is 2.29. The number of nitrogens with zero attached hydrogens (tertiary/aromatic N) is 1. The maximum Gasteiger partial charge on any atom is 0.215 e. The summed E-state index contributed by atoms with van der Waals surface area (Å²) < 4.78 is 31.2. The standard InChI is InChI=1S/C10H20ClNO3S/c1-9(2)7-12(8-10(3,4)15-9)16(13,14)6-5-11/h5-8H2,1-4H3. The summed E-state index contributed by atoms with van der Waals surface area (Å²) in [5.41, 5.74) is -0.914. The highest BCUT2D eigenvalue weighted by molar-refractivity contribution is 7.89. The van der Waals surface area contributed by atoms with Crippen molar-refractivity contribution in [1.29, 1.82) is 0 Å². The summed E-state index contributed by atoms with van der Waals surface area (Å²) in [5, 5.41) is 0. The molecule has 1 heterocycles. The van der Waals surface area contributed by atoms with Crippen LogP contribution in [0.4, 0.5) is 0 Å². The minimum absolute atomic E-state index is 0.0132. The van der Waals surface area contributed by atoms with Gasteiger partial charge in [0.05, 0.1) is 17.0 Å². The molecule has 1 saturated heterocycles. The van der Waals surface area contributed by atoms with E-state index in [-0.39, 0.29) is 11.6 Å². The SMILES string of the molecule is CC1(C)CN(S(=O)(=O)CCCl)CC(C)(C)O1. The van der Waals surface area contributed by atoms with Crippen LogP contribution in [0.5, 0.6) is 0 Å². The molecular formula is C10H20ClNO3S. The summed E-state index contributed by atoms with van der Waals surface area (Å²) in [6, 6.07) is 0. The first-order valence-electron chi connectivity index (χ1n) is 5.32. The predicted molar refractivity (Wildman–Crippen MR) is 65.3 cm³/mol. The van der Waals surface area contributed by atoms with Crippen molar-refractivity contribution in [1.82, 2.24) is 4.31 Å². The van der Waals surface area contributed by atoms with Crippen molar-refractivity contribution in [2.75, 3.05) is 24.7 Å². The van der Waals surface area contributed by atoms with Crippen LogP contribution >= 0.6 is 11.6 Å². The first kappa shape index (κ1) is 14.2. The number of alkyl halides is 1. The molecule has 4 nitrogen and oxygen atoms in total. The molecule has 0 N–H and O–H groups in total. The quantitative estimate of drug-likeness (QED) is 0.729. The van der Waals surface area contributed by atoms with Crippen molar-refractivity contribution in [3.63, 3.8) is 0 Å². The van der Waals surface area contributed by atoms with Crippen molar-refractivity contribution in [3.8, 4) is 0 Å². The lowest BCUT2D eigenvalue weighted by molar-refractivity contribution is -0.163. The highest BCUT2D eigenvalue weighted by atomic mass is 35.5. The topological polar surface area (TPSA) is 46.6 Å². The van der Waals surface area contributed by atoms with Gasteiger partial charge in [-0.3, -0.25) is 0 Å². The normalized spacial score (nSPS) is 25.6. The monoisotopic (exact) mass is 269 g/mol. The Morgan fingerprint density at radius 2 is 1.62 bits per heavy atom. The lowest BCUT2D eigenvalue weighted by Crippen LogP contribution is -2.58. The Hall–Kier alpha value is 0.160. The Kier molecular flexibility index (Phi) is 3.95. The molecular weight excluding hydrogens is 250 g/mol. The summed E-state index contributed by atoms with van der Waals surface area (Å²) >= 11 is 5.51.